The summed E-state index contributed by atoms with van der Waals surface area (Å²) in [7, 11) is 0. The summed E-state index contributed by atoms with van der Waals surface area (Å²) in [5, 5.41) is 0. The Hall–Kier alpha value is -2.04. The standard InChI is InChI=1S/C15H18N2O3/c18-14-11-16(15(19)13-7-4-8-17(13)14)9-10-20-12-5-2-1-3-6-12/h1-3,5-6,13H,4,7-11H2. The second-order valence-corrected chi connectivity index (χ2v) is 5.17. The van der Waals surface area contributed by atoms with Crippen molar-refractivity contribution >= 4 is 11.8 Å². The van der Waals surface area contributed by atoms with E-state index >= 15 is 0 Å². The van der Waals surface area contributed by atoms with Crippen LogP contribution >= 0.6 is 0 Å². The smallest absolute Gasteiger partial charge is 0.245 e. The zero-order valence-corrected chi connectivity index (χ0v) is 11.3. The third kappa shape index (κ3) is 2.48. The molecule has 1 aromatic rings. The maximum Gasteiger partial charge on any atom is 0.245 e. The molecule has 2 fully saturated rings. The molecule has 5 nitrogen and oxygen atoms in total. The summed E-state index contributed by atoms with van der Waals surface area (Å²) in [5.74, 6) is 0.913. The van der Waals surface area contributed by atoms with Gasteiger partial charge in [0, 0.05) is 6.54 Å². The zero-order chi connectivity index (χ0) is 13.9. The number of amides is 2. The van der Waals surface area contributed by atoms with E-state index in [9.17, 15) is 9.59 Å². The van der Waals surface area contributed by atoms with Gasteiger partial charge >= 0.3 is 0 Å². The minimum Gasteiger partial charge on any atom is -0.492 e. The Bertz CT molecular complexity index is 503. The Morgan fingerprint density at radius 1 is 1.20 bits per heavy atom. The number of benzene rings is 1. The average Bonchev–Trinajstić information content (AvgIpc) is 2.95. The van der Waals surface area contributed by atoms with Crippen molar-refractivity contribution in [3.63, 3.8) is 0 Å². The highest BCUT2D eigenvalue weighted by molar-refractivity contribution is 5.95. The van der Waals surface area contributed by atoms with Gasteiger partial charge in [0.15, 0.2) is 0 Å². The van der Waals surface area contributed by atoms with Crippen LogP contribution in [-0.2, 0) is 9.59 Å². The molecular formula is C15H18N2O3. The van der Waals surface area contributed by atoms with Crippen molar-refractivity contribution in [1.29, 1.82) is 0 Å². The molecule has 0 bridgehead atoms. The zero-order valence-electron chi connectivity index (χ0n) is 11.3. The van der Waals surface area contributed by atoms with Crippen LogP contribution in [0.15, 0.2) is 30.3 Å². The molecule has 0 aliphatic carbocycles. The summed E-state index contributed by atoms with van der Waals surface area (Å²) in [6.07, 6.45) is 1.72. The highest BCUT2D eigenvalue weighted by atomic mass is 16.5. The van der Waals surface area contributed by atoms with Gasteiger partial charge in [-0.2, -0.15) is 0 Å². The molecular weight excluding hydrogens is 256 g/mol. The summed E-state index contributed by atoms with van der Waals surface area (Å²) in [5.41, 5.74) is 0. The lowest BCUT2D eigenvalue weighted by molar-refractivity contribution is -0.153. The molecule has 2 heterocycles. The molecule has 1 atom stereocenters. The molecule has 2 saturated heterocycles. The van der Waals surface area contributed by atoms with Crippen molar-refractivity contribution in [3.05, 3.63) is 30.3 Å². The first-order valence-corrected chi connectivity index (χ1v) is 7.02. The normalized spacial score (nSPS) is 22.1. The van der Waals surface area contributed by atoms with Gasteiger partial charge in [0.25, 0.3) is 0 Å². The topological polar surface area (TPSA) is 49.9 Å². The van der Waals surface area contributed by atoms with Crippen molar-refractivity contribution in [1.82, 2.24) is 9.80 Å². The number of carbonyl (C=O) groups is 2. The molecule has 20 heavy (non-hydrogen) atoms. The van der Waals surface area contributed by atoms with Crippen LogP contribution in [0.3, 0.4) is 0 Å². The Balaban J connectivity index is 1.55. The molecule has 0 aromatic heterocycles. The van der Waals surface area contributed by atoms with Gasteiger partial charge in [-0.3, -0.25) is 9.59 Å². The number of hydrogen-bond donors (Lipinski definition) is 0. The monoisotopic (exact) mass is 274 g/mol. The maximum absolute atomic E-state index is 12.3. The van der Waals surface area contributed by atoms with Crippen LogP contribution in [0.5, 0.6) is 5.75 Å². The molecule has 2 aliphatic rings. The van der Waals surface area contributed by atoms with E-state index in [0.717, 1.165) is 25.1 Å². The number of nitrogens with zero attached hydrogens (tertiary/aromatic N) is 2. The Kier molecular flexibility index (Phi) is 3.58. The molecule has 5 heteroatoms. The van der Waals surface area contributed by atoms with Crippen molar-refractivity contribution in [2.75, 3.05) is 26.2 Å². The molecule has 0 saturated carbocycles. The van der Waals surface area contributed by atoms with Crippen LogP contribution in [0.2, 0.25) is 0 Å². The lowest BCUT2D eigenvalue weighted by Gasteiger charge is -2.36. The van der Waals surface area contributed by atoms with Crippen molar-refractivity contribution in [2.24, 2.45) is 0 Å². The number of para-hydroxylation sites is 1. The van der Waals surface area contributed by atoms with Crippen LogP contribution < -0.4 is 4.74 Å². The van der Waals surface area contributed by atoms with Crippen LogP contribution in [0.4, 0.5) is 0 Å². The van der Waals surface area contributed by atoms with E-state index in [-0.39, 0.29) is 24.4 Å². The highest BCUT2D eigenvalue weighted by Gasteiger charge is 2.41. The van der Waals surface area contributed by atoms with Gasteiger partial charge in [-0.05, 0) is 25.0 Å². The van der Waals surface area contributed by atoms with Crippen LogP contribution in [0, 0.1) is 0 Å². The minimum atomic E-state index is -0.229. The predicted octanol–water partition coefficient (Wildman–Crippen LogP) is 0.899. The predicted molar refractivity (Wildman–Crippen MR) is 73.3 cm³/mol. The van der Waals surface area contributed by atoms with Crippen molar-refractivity contribution in [2.45, 2.75) is 18.9 Å². The summed E-state index contributed by atoms with van der Waals surface area (Å²) in [6, 6.07) is 9.26. The first kappa shape index (κ1) is 13.0. The SMILES string of the molecule is O=C1C2CCCN2C(=O)CN1CCOc1ccccc1. The average molecular weight is 274 g/mol. The number of fused-ring (bicyclic) bond motifs is 1. The van der Waals surface area contributed by atoms with E-state index in [4.69, 9.17) is 4.74 Å². The molecule has 0 spiro atoms. The van der Waals surface area contributed by atoms with Crippen LogP contribution in [-0.4, -0.2) is 53.9 Å². The summed E-state index contributed by atoms with van der Waals surface area (Å²) in [6.45, 7) is 1.79. The first-order valence-electron chi connectivity index (χ1n) is 7.02. The van der Waals surface area contributed by atoms with Gasteiger partial charge in [-0.25, -0.2) is 0 Å². The summed E-state index contributed by atoms with van der Waals surface area (Å²) in [4.78, 5) is 27.6. The second kappa shape index (κ2) is 5.53. The van der Waals surface area contributed by atoms with Crippen LogP contribution in [0.25, 0.3) is 0 Å². The molecule has 2 aliphatic heterocycles. The van der Waals surface area contributed by atoms with Gasteiger partial charge in [-0.15, -0.1) is 0 Å². The fraction of sp³-hybridized carbons (Fsp3) is 0.467. The quantitative estimate of drug-likeness (QED) is 0.819. The van der Waals surface area contributed by atoms with E-state index in [0.29, 0.717) is 13.2 Å². The first-order chi connectivity index (χ1) is 9.75. The van der Waals surface area contributed by atoms with E-state index < -0.39 is 0 Å². The van der Waals surface area contributed by atoms with E-state index in [1.807, 2.05) is 30.3 Å². The third-order valence-electron chi connectivity index (χ3n) is 3.87. The largest absolute Gasteiger partial charge is 0.492 e. The van der Waals surface area contributed by atoms with Crippen molar-refractivity contribution in [3.8, 4) is 5.75 Å². The van der Waals surface area contributed by atoms with Gasteiger partial charge in [0.05, 0.1) is 13.1 Å². The Labute approximate surface area is 118 Å². The molecule has 1 unspecified atom stereocenters. The number of hydrogen-bond acceptors (Lipinski definition) is 3. The van der Waals surface area contributed by atoms with E-state index in [1.165, 1.54) is 0 Å². The van der Waals surface area contributed by atoms with Gasteiger partial charge in [0.1, 0.15) is 18.4 Å². The summed E-state index contributed by atoms with van der Waals surface area (Å²) < 4.78 is 5.58. The van der Waals surface area contributed by atoms with Crippen LogP contribution in [0.1, 0.15) is 12.8 Å². The number of rotatable bonds is 4. The third-order valence-corrected chi connectivity index (χ3v) is 3.87. The maximum atomic E-state index is 12.3. The van der Waals surface area contributed by atoms with Crippen molar-refractivity contribution < 1.29 is 14.3 Å². The molecule has 3 rings (SSSR count). The molecule has 1 aromatic carbocycles. The highest BCUT2D eigenvalue weighted by Crippen LogP contribution is 2.23. The van der Waals surface area contributed by atoms with E-state index in [2.05, 4.69) is 0 Å². The number of carbonyl (C=O) groups excluding carboxylic acids is 2. The number of piperazine rings is 1. The molecule has 106 valence electrons. The lowest BCUT2D eigenvalue weighted by atomic mass is 10.1. The van der Waals surface area contributed by atoms with Gasteiger partial charge < -0.3 is 14.5 Å². The van der Waals surface area contributed by atoms with Gasteiger partial charge in [0.2, 0.25) is 11.8 Å². The molecule has 0 N–H and O–H groups in total. The van der Waals surface area contributed by atoms with Gasteiger partial charge in [-0.1, -0.05) is 18.2 Å². The second-order valence-electron chi connectivity index (χ2n) is 5.17. The fourth-order valence-electron chi connectivity index (χ4n) is 2.84. The Morgan fingerprint density at radius 3 is 2.80 bits per heavy atom. The van der Waals surface area contributed by atoms with E-state index in [1.54, 1.807) is 9.80 Å². The Morgan fingerprint density at radius 2 is 2.00 bits per heavy atom. The minimum absolute atomic E-state index is 0.0619. The lowest BCUT2D eigenvalue weighted by Crippen LogP contribution is -2.57. The molecule has 0 radical (unpaired) electrons. The summed E-state index contributed by atoms with van der Waals surface area (Å²) >= 11 is 0. The number of ether oxygens (including phenoxy) is 1. The fourth-order valence-corrected chi connectivity index (χ4v) is 2.84. The molecule has 2 amide bonds.